The molecule has 0 aliphatic carbocycles. The zero-order valence-electron chi connectivity index (χ0n) is 17.2. The molecule has 146 valence electrons. The zero-order valence-corrected chi connectivity index (χ0v) is 17.2. The van der Waals surface area contributed by atoms with Gasteiger partial charge in [0.05, 0.1) is 17.5 Å². The predicted molar refractivity (Wildman–Crippen MR) is 116 cm³/mol. The van der Waals surface area contributed by atoms with E-state index in [2.05, 4.69) is 36.4 Å². The van der Waals surface area contributed by atoms with Gasteiger partial charge in [0.2, 0.25) is 5.95 Å². The van der Waals surface area contributed by atoms with E-state index >= 15 is 0 Å². The summed E-state index contributed by atoms with van der Waals surface area (Å²) in [5, 5.41) is 6.77. The first-order valence-electron chi connectivity index (χ1n) is 9.55. The lowest BCUT2D eigenvalue weighted by Crippen LogP contribution is -2.27. The van der Waals surface area contributed by atoms with Crippen molar-refractivity contribution in [3.63, 3.8) is 0 Å². The van der Waals surface area contributed by atoms with Gasteiger partial charge in [0, 0.05) is 17.2 Å². The van der Waals surface area contributed by atoms with E-state index in [0.29, 0.717) is 11.8 Å². The van der Waals surface area contributed by atoms with Gasteiger partial charge >= 0.3 is 0 Å². The van der Waals surface area contributed by atoms with Gasteiger partial charge in [0.1, 0.15) is 11.6 Å². The summed E-state index contributed by atoms with van der Waals surface area (Å²) in [5.74, 6) is 2.08. The summed E-state index contributed by atoms with van der Waals surface area (Å²) in [6.45, 7) is 10.3. The fourth-order valence-electron chi connectivity index (χ4n) is 2.72. The van der Waals surface area contributed by atoms with E-state index in [1.54, 1.807) is 0 Å². The predicted octanol–water partition coefficient (Wildman–Crippen LogP) is 5.88. The third-order valence-electron chi connectivity index (χ3n) is 3.79. The zero-order chi connectivity index (χ0) is 20.1. The first-order chi connectivity index (χ1) is 13.3. The van der Waals surface area contributed by atoms with E-state index in [1.807, 2.05) is 74.5 Å². The van der Waals surface area contributed by atoms with Crippen LogP contribution < -0.4 is 15.4 Å². The topological polar surface area (TPSA) is 59.1 Å². The fourth-order valence-corrected chi connectivity index (χ4v) is 2.72. The van der Waals surface area contributed by atoms with Gasteiger partial charge in [0.25, 0.3) is 0 Å². The van der Waals surface area contributed by atoms with Crippen LogP contribution in [0.3, 0.4) is 0 Å². The summed E-state index contributed by atoms with van der Waals surface area (Å²) in [6.07, 6.45) is 0.0892. The molecule has 1 aromatic heterocycles. The molecule has 0 radical (unpaired) electrons. The normalized spacial score (nSPS) is 11.4. The van der Waals surface area contributed by atoms with Crippen molar-refractivity contribution >= 4 is 17.5 Å². The van der Waals surface area contributed by atoms with E-state index in [0.717, 1.165) is 22.7 Å². The first kappa shape index (κ1) is 19.7. The molecule has 5 heteroatoms. The average Bonchev–Trinajstić information content (AvgIpc) is 2.62. The Morgan fingerprint density at radius 2 is 1.57 bits per heavy atom. The van der Waals surface area contributed by atoms with Crippen LogP contribution in [0.5, 0.6) is 5.75 Å². The molecule has 0 fully saturated rings. The van der Waals surface area contributed by atoms with Gasteiger partial charge in [-0.25, -0.2) is 4.98 Å². The molecule has 2 aromatic carbocycles. The van der Waals surface area contributed by atoms with Crippen LogP contribution in [0.2, 0.25) is 0 Å². The Morgan fingerprint density at radius 3 is 2.25 bits per heavy atom. The molecule has 0 saturated carbocycles. The monoisotopic (exact) mass is 376 g/mol. The third kappa shape index (κ3) is 5.46. The Morgan fingerprint density at radius 1 is 0.893 bits per heavy atom. The van der Waals surface area contributed by atoms with Gasteiger partial charge in [-0.2, -0.15) is 4.98 Å². The van der Waals surface area contributed by atoms with Crippen LogP contribution in [0.4, 0.5) is 17.5 Å². The Kier molecular flexibility index (Phi) is 5.83. The maximum Gasteiger partial charge on any atom is 0.225 e. The van der Waals surface area contributed by atoms with Crippen LogP contribution in [-0.2, 0) is 0 Å². The second-order valence-electron chi connectivity index (χ2n) is 7.99. The van der Waals surface area contributed by atoms with Crippen molar-refractivity contribution in [3.05, 3.63) is 60.7 Å². The number of rotatable bonds is 6. The number of anilines is 3. The molecule has 0 bridgehead atoms. The van der Waals surface area contributed by atoms with Crippen molar-refractivity contribution in [2.45, 2.75) is 46.3 Å². The molecule has 3 rings (SSSR count). The third-order valence-corrected chi connectivity index (χ3v) is 3.79. The molecule has 0 atom stereocenters. The lowest BCUT2D eigenvalue weighted by atomic mass is 10.1. The molecular formula is C23H28N4O. The molecule has 0 amide bonds. The van der Waals surface area contributed by atoms with E-state index in [1.165, 1.54) is 0 Å². The second-order valence-corrected chi connectivity index (χ2v) is 7.99. The molecular weight excluding hydrogens is 348 g/mol. The minimum atomic E-state index is -0.148. The highest BCUT2D eigenvalue weighted by atomic mass is 16.5. The molecule has 0 aliphatic rings. The summed E-state index contributed by atoms with van der Waals surface area (Å²) in [4.78, 5) is 9.38. The Bertz CT molecular complexity index is 917. The van der Waals surface area contributed by atoms with Crippen LogP contribution in [-0.4, -0.2) is 21.6 Å². The highest BCUT2D eigenvalue weighted by Gasteiger charge is 2.15. The largest absolute Gasteiger partial charge is 0.489 e. The fraction of sp³-hybridized carbons (Fsp3) is 0.304. The maximum absolute atomic E-state index is 5.92. The van der Waals surface area contributed by atoms with Crippen LogP contribution in [0.25, 0.3) is 11.3 Å². The molecule has 1 heterocycles. The number of nitrogens with one attached hydrogen (secondary N) is 2. The number of para-hydroxylation sites is 2. The van der Waals surface area contributed by atoms with E-state index in [4.69, 9.17) is 9.72 Å². The average molecular weight is 377 g/mol. The summed E-state index contributed by atoms with van der Waals surface area (Å²) in [6, 6.07) is 19.9. The van der Waals surface area contributed by atoms with E-state index in [-0.39, 0.29) is 11.6 Å². The van der Waals surface area contributed by atoms with Crippen molar-refractivity contribution < 1.29 is 4.74 Å². The molecule has 0 saturated heterocycles. The number of hydrogen-bond acceptors (Lipinski definition) is 5. The highest BCUT2D eigenvalue weighted by molar-refractivity contribution is 5.70. The molecule has 28 heavy (non-hydrogen) atoms. The smallest absolute Gasteiger partial charge is 0.225 e. The Labute approximate surface area is 167 Å². The van der Waals surface area contributed by atoms with E-state index < -0.39 is 0 Å². The maximum atomic E-state index is 5.92. The van der Waals surface area contributed by atoms with Gasteiger partial charge in [-0.3, -0.25) is 0 Å². The summed E-state index contributed by atoms with van der Waals surface area (Å²) < 4.78 is 5.92. The Hall–Kier alpha value is -3.08. The number of aromatic nitrogens is 2. The van der Waals surface area contributed by atoms with Gasteiger partial charge in [-0.05, 0) is 46.8 Å². The number of benzene rings is 2. The van der Waals surface area contributed by atoms with Crippen LogP contribution in [0.15, 0.2) is 60.7 Å². The number of ether oxygens (including phenoxy) is 1. The van der Waals surface area contributed by atoms with Gasteiger partial charge in [0.15, 0.2) is 0 Å². The lowest BCUT2D eigenvalue weighted by molar-refractivity contribution is 0.244. The van der Waals surface area contributed by atoms with E-state index in [9.17, 15) is 0 Å². The molecule has 5 nitrogen and oxygen atoms in total. The standard InChI is InChI=1S/C23H28N4O/c1-16(2)28-20-14-10-9-13-18(20)24-21-15-19(17-11-7-6-8-12-17)25-22(26-21)27-23(3,4)5/h6-16H,1-5H3,(H2,24,25,26,27). The molecule has 3 aromatic rings. The van der Waals surface area contributed by atoms with Crippen molar-refractivity contribution in [1.82, 2.24) is 9.97 Å². The van der Waals surface area contributed by atoms with Crippen LogP contribution in [0.1, 0.15) is 34.6 Å². The van der Waals surface area contributed by atoms with Crippen molar-refractivity contribution in [2.75, 3.05) is 10.6 Å². The highest BCUT2D eigenvalue weighted by Crippen LogP contribution is 2.30. The lowest BCUT2D eigenvalue weighted by Gasteiger charge is -2.22. The number of nitrogens with zero attached hydrogens (tertiary/aromatic N) is 2. The van der Waals surface area contributed by atoms with Crippen molar-refractivity contribution in [1.29, 1.82) is 0 Å². The van der Waals surface area contributed by atoms with Gasteiger partial charge in [-0.15, -0.1) is 0 Å². The minimum Gasteiger partial charge on any atom is -0.489 e. The molecule has 0 aliphatic heterocycles. The summed E-state index contributed by atoms with van der Waals surface area (Å²) >= 11 is 0. The van der Waals surface area contributed by atoms with Crippen molar-refractivity contribution in [3.8, 4) is 17.0 Å². The minimum absolute atomic E-state index is 0.0892. The second kappa shape index (κ2) is 8.30. The SMILES string of the molecule is CC(C)Oc1ccccc1Nc1cc(-c2ccccc2)nc(NC(C)(C)C)n1. The van der Waals surface area contributed by atoms with Crippen LogP contribution >= 0.6 is 0 Å². The van der Waals surface area contributed by atoms with Gasteiger partial charge < -0.3 is 15.4 Å². The molecule has 2 N–H and O–H groups in total. The number of hydrogen-bond donors (Lipinski definition) is 2. The van der Waals surface area contributed by atoms with Crippen molar-refractivity contribution in [2.24, 2.45) is 0 Å². The molecule has 0 spiro atoms. The summed E-state index contributed by atoms with van der Waals surface area (Å²) in [5.41, 5.74) is 2.62. The molecule has 0 unspecified atom stereocenters. The van der Waals surface area contributed by atoms with Crippen LogP contribution in [0, 0.1) is 0 Å². The first-order valence-corrected chi connectivity index (χ1v) is 9.55. The van der Waals surface area contributed by atoms with Gasteiger partial charge in [-0.1, -0.05) is 42.5 Å². The quantitative estimate of drug-likeness (QED) is 0.562. The summed E-state index contributed by atoms with van der Waals surface area (Å²) in [7, 11) is 0. The Balaban J connectivity index is 2.00.